The minimum Gasteiger partial charge on any atom is -0.494 e. The highest BCUT2D eigenvalue weighted by molar-refractivity contribution is 7.80. The Kier molecular flexibility index (Phi) is 6.88. The van der Waals surface area contributed by atoms with E-state index < -0.39 is 0 Å². The summed E-state index contributed by atoms with van der Waals surface area (Å²) in [5, 5.41) is 7.22. The maximum atomic E-state index is 12.6. The lowest BCUT2D eigenvalue weighted by atomic mass is 10.1. The van der Waals surface area contributed by atoms with Crippen molar-refractivity contribution in [1.82, 2.24) is 5.32 Å². The van der Waals surface area contributed by atoms with E-state index in [1.807, 2.05) is 48.5 Å². The number of anilines is 1. The van der Waals surface area contributed by atoms with E-state index in [1.165, 1.54) is 11.3 Å². The third-order valence-electron chi connectivity index (χ3n) is 4.02. The van der Waals surface area contributed by atoms with E-state index in [4.69, 9.17) is 28.6 Å². The van der Waals surface area contributed by atoms with Crippen molar-refractivity contribution in [2.24, 2.45) is 5.92 Å². The summed E-state index contributed by atoms with van der Waals surface area (Å²) in [7, 11) is 0. The number of nitrogens with one attached hydrogen (secondary N) is 2. The molecule has 0 radical (unpaired) electrons. The molecule has 2 aromatic carbocycles. The SMILES string of the molecule is CC(C)CCOc1cccc(NC(=S)NC(=O)c2sc3ccccc3c2Cl)c1. The van der Waals surface area contributed by atoms with E-state index in [-0.39, 0.29) is 11.0 Å². The second kappa shape index (κ2) is 9.37. The first-order valence-electron chi connectivity index (χ1n) is 8.96. The highest BCUT2D eigenvalue weighted by Gasteiger charge is 2.17. The van der Waals surface area contributed by atoms with Gasteiger partial charge in [-0.15, -0.1) is 11.3 Å². The van der Waals surface area contributed by atoms with Crippen LogP contribution in [-0.2, 0) is 0 Å². The number of fused-ring (bicyclic) bond motifs is 1. The van der Waals surface area contributed by atoms with Gasteiger partial charge in [0.15, 0.2) is 5.11 Å². The van der Waals surface area contributed by atoms with Crippen LogP contribution in [0.5, 0.6) is 5.75 Å². The highest BCUT2D eigenvalue weighted by Crippen LogP contribution is 2.35. The fourth-order valence-electron chi connectivity index (χ4n) is 2.56. The van der Waals surface area contributed by atoms with Gasteiger partial charge in [0.2, 0.25) is 0 Å². The number of thiocarbonyl (C=S) groups is 1. The molecule has 0 bridgehead atoms. The van der Waals surface area contributed by atoms with Gasteiger partial charge >= 0.3 is 0 Å². The van der Waals surface area contributed by atoms with Crippen molar-refractivity contribution in [2.75, 3.05) is 11.9 Å². The second-order valence-electron chi connectivity index (χ2n) is 6.71. The molecule has 4 nitrogen and oxygen atoms in total. The van der Waals surface area contributed by atoms with E-state index in [0.717, 1.165) is 27.9 Å². The molecular weight excluding hydrogens is 412 g/mol. The predicted octanol–water partition coefficient (Wildman–Crippen LogP) is 6.11. The fraction of sp³-hybridized carbons (Fsp3) is 0.238. The first kappa shape index (κ1) is 20.6. The van der Waals surface area contributed by atoms with Crippen LogP contribution >= 0.6 is 35.2 Å². The smallest absolute Gasteiger partial charge is 0.269 e. The first-order chi connectivity index (χ1) is 13.4. The molecule has 0 aliphatic rings. The van der Waals surface area contributed by atoms with Gasteiger partial charge in [-0.1, -0.05) is 49.7 Å². The van der Waals surface area contributed by atoms with Crippen LogP contribution in [0, 0.1) is 5.92 Å². The molecule has 0 spiro atoms. The van der Waals surface area contributed by atoms with Gasteiger partial charge < -0.3 is 10.1 Å². The number of amides is 1. The summed E-state index contributed by atoms with van der Waals surface area (Å²) < 4.78 is 6.71. The van der Waals surface area contributed by atoms with Crippen LogP contribution < -0.4 is 15.4 Å². The van der Waals surface area contributed by atoms with Crippen molar-refractivity contribution in [3.63, 3.8) is 0 Å². The average Bonchev–Trinajstić information content (AvgIpc) is 2.99. The minimum atomic E-state index is -0.326. The lowest BCUT2D eigenvalue weighted by molar-refractivity contribution is 0.0982. The van der Waals surface area contributed by atoms with E-state index >= 15 is 0 Å². The molecule has 7 heteroatoms. The quantitative estimate of drug-likeness (QED) is 0.461. The van der Waals surface area contributed by atoms with Gasteiger partial charge in [0.25, 0.3) is 5.91 Å². The normalized spacial score (nSPS) is 10.9. The lowest BCUT2D eigenvalue weighted by Crippen LogP contribution is -2.33. The number of rotatable bonds is 6. The molecule has 0 atom stereocenters. The third kappa shape index (κ3) is 5.22. The third-order valence-corrected chi connectivity index (χ3v) is 5.90. The average molecular weight is 433 g/mol. The zero-order valence-electron chi connectivity index (χ0n) is 15.6. The molecule has 1 amide bonds. The fourth-order valence-corrected chi connectivity index (χ4v) is 4.18. The maximum absolute atomic E-state index is 12.6. The number of carbonyl (C=O) groups is 1. The Balaban J connectivity index is 1.62. The molecule has 1 aromatic heterocycles. The van der Waals surface area contributed by atoms with E-state index in [0.29, 0.717) is 22.4 Å². The Bertz CT molecular complexity index is 1000. The predicted molar refractivity (Wildman–Crippen MR) is 122 cm³/mol. The van der Waals surface area contributed by atoms with E-state index in [1.54, 1.807) is 0 Å². The van der Waals surface area contributed by atoms with E-state index in [9.17, 15) is 4.79 Å². The molecule has 28 heavy (non-hydrogen) atoms. The Hall–Kier alpha value is -2.15. The van der Waals surface area contributed by atoms with Gasteiger partial charge in [-0.3, -0.25) is 10.1 Å². The molecule has 0 aliphatic heterocycles. The van der Waals surface area contributed by atoms with Crippen LogP contribution in [0.1, 0.15) is 29.9 Å². The molecule has 1 heterocycles. The molecule has 0 saturated carbocycles. The topological polar surface area (TPSA) is 50.4 Å². The molecule has 0 aliphatic carbocycles. The Morgan fingerprint density at radius 2 is 2.00 bits per heavy atom. The molecule has 0 unspecified atom stereocenters. The highest BCUT2D eigenvalue weighted by atomic mass is 35.5. The first-order valence-corrected chi connectivity index (χ1v) is 10.6. The number of hydrogen-bond acceptors (Lipinski definition) is 4. The summed E-state index contributed by atoms with van der Waals surface area (Å²) in [6.07, 6.45) is 0.988. The van der Waals surface area contributed by atoms with Crippen LogP contribution in [0.4, 0.5) is 5.69 Å². The minimum absolute atomic E-state index is 0.206. The summed E-state index contributed by atoms with van der Waals surface area (Å²) in [5.41, 5.74) is 0.745. The van der Waals surface area contributed by atoms with Crippen LogP contribution in [-0.4, -0.2) is 17.6 Å². The summed E-state index contributed by atoms with van der Waals surface area (Å²) in [5.74, 6) is 1.02. The molecule has 146 valence electrons. The van der Waals surface area contributed by atoms with Crippen molar-refractivity contribution in [3.8, 4) is 5.75 Å². The number of carbonyl (C=O) groups excluding carboxylic acids is 1. The maximum Gasteiger partial charge on any atom is 0.269 e. The van der Waals surface area contributed by atoms with Crippen molar-refractivity contribution >= 4 is 61.9 Å². The van der Waals surface area contributed by atoms with Gasteiger partial charge in [-0.2, -0.15) is 0 Å². The van der Waals surface area contributed by atoms with Gasteiger partial charge in [-0.05, 0) is 42.8 Å². The zero-order valence-corrected chi connectivity index (χ0v) is 18.0. The van der Waals surface area contributed by atoms with Crippen LogP contribution in [0.3, 0.4) is 0 Å². The standard InChI is InChI=1S/C21H21ClN2O2S2/c1-13(2)10-11-26-15-7-5-6-14(12-15)23-21(27)24-20(25)19-18(22)16-8-3-4-9-17(16)28-19/h3-9,12-13H,10-11H2,1-2H3,(H2,23,24,25,27). The summed E-state index contributed by atoms with van der Waals surface area (Å²) in [4.78, 5) is 13.0. The van der Waals surface area contributed by atoms with Crippen molar-refractivity contribution in [3.05, 3.63) is 58.4 Å². The largest absolute Gasteiger partial charge is 0.494 e. The van der Waals surface area contributed by atoms with Crippen molar-refractivity contribution < 1.29 is 9.53 Å². The number of benzene rings is 2. The monoisotopic (exact) mass is 432 g/mol. The lowest BCUT2D eigenvalue weighted by Gasteiger charge is -2.12. The molecule has 2 N–H and O–H groups in total. The van der Waals surface area contributed by atoms with Crippen LogP contribution in [0.15, 0.2) is 48.5 Å². The van der Waals surface area contributed by atoms with Gasteiger partial charge in [-0.25, -0.2) is 0 Å². The Labute approximate surface area is 178 Å². The van der Waals surface area contributed by atoms with Crippen LogP contribution in [0.25, 0.3) is 10.1 Å². The molecule has 0 fully saturated rings. The Morgan fingerprint density at radius 1 is 1.21 bits per heavy atom. The van der Waals surface area contributed by atoms with Crippen molar-refractivity contribution in [2.45, 2.75) is 20.3 Å². The number of hydrogen-bond donors (Lipinski definition) is 2. The molecule has 3 rings (SSSR count). The number of thiophene rings is 1. The Morgan fingerprint density at radius 3 is 2.75 bits per heavy atom. The summed E-state index contributed by atoms with van der Waals surface area (Å²) in [6.45, 7) is 4.98. The molecular formula is C21H21ClN2O2S2. The summed E-state index contributed by atoms with van der Waals surface area (Å²) in [6, 6.07) is 15.1. The van der Waals surface area contributed by atoms with Gasteiger partial charge in [0.1, 0.15) is 10.6 Å². The van der Waals surface area contributed by atoms with Gasteiger partial charge in [0.05, 0.1) is 11.6 Å². The molecule has 3 aromatic rings. The van der Waals surface area contributed by atoms with Crippen molar-refractivity contribution in [1.29, 1.82) is 0 Å². The number of halogens is 1. The zero-order chi connectivity index (χ0) is 20.1. The second-order valence-corrected chi connectivity index (χ2v) is 8.55. The summed E-state index contributed by atoms with van der Waals surface area (Å²) >= 11 is 13.0. The molecule has 0 saturated heterocycles. The number of ether oxygens (including phenoxy) is 1. The van der Waals surface area contributed by atoms with E-state index in [2.05, 4.69) is 24.5 Å². The van der Waals surface area contributed by atoms with Gasteiger partial charge in [0, 0.05) is 21.8 Å². The van der Waals surface area contributed by atoms with Crippen LogP contribution in [0.2, 0.25) is 5.02 Å².